The minimum atomic E-state index is -0.378. The van der Waals surface area contributed by atoms with Crippen molar-refractivity contribution in [3.8, 4) is 0 Å². The topological polar surface area (TPSA) is 68.0 Å². The van der Waals surface area contributed by atoms with Crippen LogP contribution in [0.2, 0.25) is 0 Å². The molecule has 16 heavy (non-hydrogen) atoms. The van der Waals surface area contributed by atoms with Crippen LogP contribution in [0.3, 0.4) is 0 Å². The van der Waals surface area contributed by atoms with E-state index >= 15 is 0 Å². The molecule has 4 heteroatoms. The highest BCUT2D eigenvalue weighted by atomic mass is 16.2. The van der Waals surface area contributed by atoms with Gasteiger partial charge in [0.2, 0.25) is 5.91 Å². The van der Waals surface area contributed by atoms with Gasteiger partial charge in [-0.1, -0.05) is 20.8 Å². The van der Waals surface area contributed by atoms with Gasteiger partial charge < -0.3 is 11.1 Å². The maximum absolute atomic E-state index is 11.9. The fourth-order valence-corrected chi connectivity index (χ4v) is 1.08. The molecule has 0 unspecified atom stereocenters. The molecule has 1 rings (SSSR count). The number of hydrogen-bond donors (Lipinski definition) is 2. The van der Waals surface area contributed by atoms with Crippen LogP contribution < -0.4 is 11.1 Å². The summed E-state index contributed by atoms with van der Waals surface area (Å²) in [6.45, 7) is 7.69. The van der Waals surface area contributed by atoms with Crippen molar-refractivity contribution in [3.63, 3.8) is 0 Å². The van der Waals surface area contributed by atoms with E-state index in [0.29, 0.717) is 11.5 Å². The summed E-state index contributed by atoms with van der Waals surface area (Å²) in [5.74, 6) is 0.532. The Morgan fingerprint density at radius 3 is 2.69 bits per heavy atom. The fraction of sp³-hybridized carbons (Fsp3) is 0.500. The minimum absolute atomic E-state index is 0.0216. The third kappa shape index (κ3) is 2.72. The quantitative estimate of drug-likeness (QED) is 0.823. The molecule has 1 heterocycles. The third-order valence-corrected chi connectivity index (χ3v) is 2.89. The van der Waals surface area contributed by atoms with E-state index in [-0.39, 0.29) is 11.3 Å². The molecular weight excluding hydrogens is 202 g/mol. The van der Waals surface area contributed by atoms with Gasteiger partial charge in [0, 0.05) is 5.41 Å². The zero-order chi connectivity index (χ0) is 12.3. The highest BCUT2D eigenvalue weighted by molar-refractivity contribution is 5.94. The van der Waals surface area contributed by atoms with E-state index in [1.54, 1.807) is 12.3 Å². The van der Waals surface area contributed by atoms with Crippen LogP contribution in [0.25, 0.3) is 0 Å². The number of aromatic nitrogens is 1. The number of hydrogen-bond acceptors (Lipinski definition) is 3. The van der Waals surface area contributed by atoms with Crippen LogP contribution in [0.15, 0.2) is 12.3 Å². The van der Waals surface area contributed by atoms with Crippen LogP contribution in [-0.4, -0.2) is 10.9 Å². The number of carbonyl (C=O) groups excluding carboxylic acids is 1. The van der Waals surface area contributed by atoms with Gasteiger partial charge in [-0.25, -0.2) is 4.98 Å². The summed E-state index contributed by atoms with van der Waals surface area (Å²) in [7, 11) is 0. The first-order chi connectivity index (χ1) is 7.36. The summed E-state index contributed by atoms with van der Waals surface area (Å²) >= 11 is 0. The summed E-state index contributed by atoms with van der Waals surface area (Å²) in [5, 5.41) is 2.80. The summed E-state index contributed by atoms with van der Waals surface area (Å²) < 4.78 is 0. The lowest BCUT2D eigenvalue weighted by molar-refractivity contribution is -0.124. The van der Waals surface area contributed by atoms with Gasteiger partial charge in [-0.15, -0.1) is 0 Å². The first-order valence-electron chi connectivity index (χ1n) is 5.40. The molecule has 0 radical (unpaired) electrons. The number of nitrogen functional groups attached to an aromatic ring is 1. The largest absolute Gasteiger partial charge is 0.397 e. The number of amides is 1. The summed E-state index contributed by atoms with van der Waals surface area (Å²) in [6.07, 6.45) is 2.34. The Hall–Kier alpha value is -1.58. The second-order valence-corrected chi connectivity index (χ2v) is 4.62. The smallest absolute Gasteiger partial charge is 0.231 e. The number of anilines is 2. The van der Waals surface area contributed by atoms with Crippen LogP contribution in [0, 0.1) is 12.3 Å². The Bertz CT molecular complexity index is 399. The van der Waals surface area contributed by atoms with Crippen LogP contribution in [0.1, 0.15) is 32.8 Å². The SMILES string of the molecule is CCC(C)(C)C(=O)Nc1cc(C)c(N)cn1. The maximum atomic E-state index is 11.9. The molecule has 0 aliphatic rings. The first-order valence-corrected chi connectivity index (χ1v) is 5.40. The number of nitrogens with two attached hydrogens (primary N) is 1. The Labute approximate surface area is 96.3 Å². The average molecular weight is 221 g/mol. The van der Waals surface area contributed by atoms with E-state index in [1.165, 1.54) is 0 Å². The molecule has 0 fully saturated rings. The predicted octanol–water partition coefficient (Wildman–Crippen LogP) is 2.35. The van der Waals surface area contributed by atoms with Gasteiger partial charge in [-0.2, -0.15) is 0 Å². The zero-order valence-corrected chi connectivity index (χ0v) is 10.3. The number of nitrogens with one attached hydrogen (secondary N) is 1. The molecule has 3 N–H and O–H groups in total. The first kappa shape index (κ1) is 12.5. The Balaban J connectivity index is 2.82. The molecule has 0 spiro atoms. The highest BCUT2D eigenvalue weighted by Gasteiger charge is 2.25. The van der Waals surface area contributed by atoms with Crippen molar-refractivity contribution in [1.29, 1.82) is 0 Å². The van der Waals surface area contributed by atoms with Crippen molar-refractivity contribution < 1.29 is 4.79 Å². The van der Waals surface area contributed by atoms with Crippen LogP contribution in [0.4, 0.5) is 11.5 Å². The van der Waals surface area contributed by atoms with Crippen molar-refractivity contribution >= 4 is 17.4 Å². The lowest BCUT2D eigenvalue weighted by atomic mass is 9.89. The van der Waals surface area contributed by atoms with Crippen LogP contribution in [-0.2, 0) is 4.79 Å². The van der Waals surface area contributed by atoms with Gasteiger partial charge in [0.05, 0.1) is 11.9 Å². The second kappa shape index (κ2) is 4.51. The summed E-state index contributed by atoms with van der Waals surface area (Å²) in [6, 6.07) is 1.78. The van der Waals surface area contributed by atoms with E-state index in [1.807, 2.05) is 27.7 Å². The van der Waals surface area contributed by atoms with E-state index in [0.717, 1.165) is 12.0 Å². The molecule has 0 atom stereocenters. The second-order valence-electron chi connectivity index (χ2n) is 4.62. The Morgan fingerprint density at radius 2 is 2.19 bits per heavy atom. The van der Waals surface area contributed by atoms with Gasteiger partial charge in [-0.05, 0) is 25.0 Å². The monoisotopic (exact) mass is 221 g/mol. The average Bonchev–Trinajstić information content (AvgIpc) is 2.23. The number of nitrogens with zero attached hydrogens (tertiary/aromatic N) is 1. The zero-order valence-electron chi connectivity index (χ0n) is 10.3. The number of pyridine rings is 1. The van der Waals surface area contributed by atoms with Gasteiger partial charge in [0.15, 0.2) is 0 Å². The molecule has 88 valence electrons. The van der Waals surface area contributed by atoms with E-state index in [9.17, 15) is 4.79 Å². The number of aryl methyl sites for hydroxylation is 1. The maximum Gasteiger partial charge on any atom is 0.231 e. The molecule has 1 aromatic rings. The van der Waals surface area contributed by atoms with E-state index in [2.05, 4.69) is 10.3 Å². The normalized spacial score (nSPS) is 11.2. The van der Waals surface area contributed by atoms with Crippen molar-refractivity contribution in [2.24, 2.45) is 5.41 Å². The van der Waals surface area contributed by atoms with Gasteiger partial charge in [0.1, 0.15) is 5.82 Å². The molecule has 1 amide bonds. The Morgan fingerprint density at radius 1 is 1.56 bits per heavy atom. The lowest BCUT2D eigenvalue weighted by Crippen LogP contribution is -2.30. The van der Waals surface area contributed by atoms with Crippen LogP contribution in [0.5, 0.6) is 0 Å². The Kier molecular flexibility index (Phi) is 3.52. The van der Waals surface area contributed by atoms with Gasteiger partial charge in [0.25, 0.3) is 0 Å². The third-order valence-electron chi connectivity index (χ3n) is 2.89. The van der Waals surface area contributed by atoms with Crippen molar-refractivity contribution in [2.45, 2.75) is 34.1 Å². The van der Waals surface area contributed by atoms with Crippen molar-refractivity contribution in [3.05, 3.63) is 17.8 Å². The lowest BCUT2D eigenvalue weighted by Gasteiger charge is -2.21. The standard InChI is InChI=1S/C12H19N3O/c1-5-12(3,4)11(16)15-10-6-8(2)9(13)7-14-10/h6-7H,5,13H2,1-4H3,(H,14,15,16). The number of carbonyl (C=O) groups is 1. The predicted molar refractivity (Wildman–Crippen MR) is 66.1 cm³/mol. The highest BCUT2D eigenvalue weighted by Crippen LogP contribution is 2.22. The molecule has 0 aliphatic carbocycles. The van der Waals surface area contributed by atoms with E-state index < -0.39 is 0 Å². The summed E-state index contributed by atoms with van der Waals surface area (Å²) in [5.41, 5.74) is 6.83. The minimum Gasteiger partial charge on any atom is -0.397 e. The van der Waals surface area contributed by atoms with Crippen LogP contribution >= 0.6 is 0 Å². The number of rotatable bonds is 3. The van der Waals surface area contributed by atoms with E-state index in [4.69, 9.17) is 5.73 Å². The molecule has 0 aromatic carbocycles. The molecule has 4 nitrogen and oxygen atoms in total. The molecule has 0 bridgehead atoms. The molecule has 1 aromatic heterocycles. The molecule has 0 aliphatic heterocycles. The van der Waals surface area contributed by atoms with Gasteiger partial charge in [-0.3, -0.25) is 4.79 Å². The van der Waals surface area contributed by atoms with Crippen molar-refractivity contribution in [2.75, 3.05) is 11.1 Å². The molecular formula is C12H19N3O. The van der Waals surface area contributed by atoms with Gasteiger partial charge >= 0.3 is 0 Å². The molecule has 0 saturated carbocycles. The fourth-order valence-electron chi connectivity index (χ4n) is 1.08. The molecule has 0 saturated heterocycles. The van der Waals surface area contributed by atoms with Crippen molar-refractivity contribution in [1.82, 2.24) is 4.98 Å². The summed E-state index contributed by atoms with van der Waals surface area (Å²) in [4.78, 5) is 15.9.